The van der Waals surface area contributed by atoms with Gasteiger partial charge in [-0.25, -0.2) is 9.97 Å². The Morgan fingerprint density at radius 1 is 1.32 bits per heavy atom. The maximum absolute atomic E-state index is 11.8. The summed E-state index contributed by atoms with van der Waals surface area (Å²) in [7, 11) is 3.37. The van der Waals surface area contributed by atoms with Crippen molar-refractivity contribution in [1.82, 2.24) is 14.5 Å². The van der Waals surface area contributed by atoms with Crippen molar-refractivity contribution < 1.29 is 9.53 Å². The molecule has 3 aromatic rings. The minimum Gasteiger partial charge on any atom is -0.469 e. The van der Waals surface area contributed by atoms with E-state index in [1.807, 2.05) is 42.8 Å². The highest BCUT2D eigenvalue weighted by Crippen LogP contribution is 2.27. The zero-order chi connectivity index (χ0) is 18.0. The summed E-state index contributed by atoms with van der Waals surface area (Å²) in [4.78, 5) is 20.5. The van der Waals surface area contributed by atoms with Gasteiger partial charge in [0.2, 0.25) is 0 Å². The fourth-order valence-corrected chi connectivity index (χ4v) is 2.85. The van der Waals surface area contributed by atoms with Crippen LogP contribution < -0.4 is 5.32 Å². The van der Waals surface area contributed by atoms with E-state index in [1.54, 1.807) is 12.5 Å². The Balaban J connectivity index is 1.90. The van der Waals surface area contributed by atoms with Crippen LogP contribution in [0.5, 0.6) is 0 Å². The third kappa shape index (κ3) is 3.33. The van der Waals surface area contributed by atoms with E-state index in [-0.39, 0.29) is 11.9 Å². The van der Waals surface area contributed by atoms with Crippen molar-refractivity contribution in [3.63, 3.8) is 0 Å². The normalized spacial score (nSPS) is 12.2. The number of nitrogens with one attached hydrogen (secondary N) is 1. The number of benzene rings is 1. The molecule has 0 spiro atoms. The number of ether oxygens (including phenoxy) is 1. The number of pyridine rings is 1. The zero-order valence-electron chi connectivity index (χ0n) is 14.9. The highest BCUT2D eigenvalue weighted by Gasteiger charge is 2.17. The monoisotopic (exact) mass is 338 g/mol. The Morgan fingerprint density at radius 3 is 2.84 bits per heavy atom. The summed E-state index contributed by atoms with van der Waals surface area (Å²) < 4.78 is 6.80. The first kappa shape index (κ1) is 17.0. The van der Waals surface area contributed by atoms with Crippen LogP contribution in [0.3, 0.4) is 0 Å². The minimum atomic E-state index is -0.284. The van der Waals surface area contributed by atoms with E-state index in [1.165, 1.54) is 7.11 Å². The van der Waals surface area contributed by atoms with Crippen LogP contribution in [-0.2, 0) is 23.0 Å². The number of aromatic nitrogens is 3. The number of nitrogens with zero attached hydrogens (tertiary/aromatic N) is 3. The van der Waals surface area contributed by atoms with Crippen LogP contribution in [-0.4, -0.2) is 27.6 Å². The van der Waals surface area contributed by atoms with Crippen LogP contribution in [0.4, 0.5) is 11.5 Å². The van der Waals surface area contributed by atoms with Crippen molar-refractivity contribution in [2.45, 2.75) is 26.2 Å². The van der Waals surface area contributed by atoms with E-state index >= 15 is 0 Å². The lowest BCUT2D eigenvalue weighted by Crippen LogP contribution is -2.11. The molecule has 1 unspecified atom stereocenters. The topological polar surface area (TPSA) is 69.0 Å². The van der Waals surface area contributed by atoms with Crippen molar-refractivity contribution in [1.29, 1.82) is 0 Å². The molecule has 0 aliphatic rings. The molecular formula is C19H22N4O2. The molecule has 130 valence electrons. The number of anilines is 2. The quantitative estimate of drug-likeness (QED) is 0.721. The van der Waals surface area contributed by atoms with Crippen molar-refractivity contribution in [3.8, 4) is 0 Å². The molecule has 0 saturated heterocycles. The number of carbonyl (C=O) groups excluding carboxylic acids is 1. The van der Waals surface area contributed by atoms with Crippen LogP contribution >= 0.6 is 0 Å². The minimum absolute atomic E-state index is 0.230. The molecule has 1 aromatic carbocycles. The number of methoxy groups -OCH3 is 1. The summed E-state index contributed by atoms with van der Waals surface area (Å²) in [6, 6.07) is 7.97. The Morgan fingerprint density at radius 2 is 2.12 bits per heavy atom. The van der Waals surface area contributed by atoms with E-state index in [0.29, 0.717) is 0 Å². The molecule has 0 saturated carbocycles. The summed E-state index contributed by atoms with van der Waals surface area (Å²) in [6.07, 6.45) is 4.38. The van der Waals surface area contributed by atoms with Gasteiger partial charge in [0.15, 0.2) is 0 Å². The average Bonchev–Trinajstić information content (AvgIpc) is 3.01. The second kappa shape index (κ2) is 6.93. The lowest BCUT2D eigenvalue weighted by molar-refractivity contribution is -0.141. The lowest BCUT2D eigenvalue weighted by atomic mass is 9.97. The summed E-state index contributed by atoms with van der Waals surface area (Å²) in [5, 5.41) is 3.37. The number of aryl methyl sites for hydroxylation is 2. The molecule has 0 radical (unpaired) electrons. The smallest absolute Gasteiger partial charge is 0.312 e. The van der Waals surface area contributed by atoms with Gasteiger partial charge < -0.3 is 14.6 Å². The zero-order valence-corrected chi connectivity index (χ0v) is 14.9. The first-order valence-corrected chi connectivity index (χ1v) is 8.28. The van der Waals surface area contributed by atoms with Gasteiger partial charge in [0.25, 0.3) is 0 Å². The molecule has 6 nitrogen and oxygen atoms in total. The van der Waals surface area contributed by atoms with Gasteiger partial charge >= 0.3 is 5.97 Å². The van der Waals surface area contributed by atoms with Crippen LogP contribution in [0.15, 0.2) is 36.8 Å². The number of rotatable bonds is 5. The third-order valence-electron chi connectivity index (χ3n) is 4.44. The van der Waals surface area contributed by atoms with E-state index in [4.69, 9.17) is 4.74 Å². The second-order valence-electron chi connectivity index (χ2n) is 6.05. The number of hydrogen-bond donors (Lipinski definition) is 1. The van der Waals surface area contributed by atoms with Gasteiger partial charge in [0, 0.05) is 18.8 Å². The molecule has 0 aliphatic heterocycles. The Kier molecular flexibility index (Phi) is 4.70. The van der Waals surface area contributed by atoms with Crippen molar-refractivity contribution in [2.24, 2.45) is 7.05 Å². The number of carbonyl (C=O) groups is 1. The molecule has 1 atom stereocenters. The van der Waals surface area contributed by atoms with E-state index in [9.17, 15) is 4.79 Å². The molecule has 1 N–H and O–H groups in total. The van der Waals surface area contributed by atoms with Gasteiger partial charge in [0.05, 0.1) is 31.1 Å². The lowest BCUT2D eigenvalue weighted by Gasteiger charge is -2.15. The Bertz CT molecular complexity index is 917. The molecule has 2 heterocycles. The molecule has 0 fully saturated rings. The fraction of sp³-hybridized carbons (Fsp3) is 0.316. The van der Waals surface area contributed by atoms with Crippen LogP contribution in [0.25, 0.3) is 11.0 Å². The highest BCUT2D eigenvalue weighted by atomic mass is 16.5. The van der Waals surface area contributed by atoms with E-state index in [2.05, 4.69) is 22.2 Å². The van der Waals surface area contributed by atoms with Gasteiger partial charge in [-0.2, -0.15) is 0 Å². The van der Waals surface area contributed by atoms with Crippen LogP contribution in [0.2, 0.25) is 0 Å². The number of fused-ring (bicyclic) bond motifs is 1. The van der Waals surface area contributed by atoms with Crippen LogP contribution in [0.1, 0.15) is 30.9 Å². The third-order valence-corrected chi connectivity index (χ3v) is 4.44. The van der Waals surface area contributed by atoms with Gasteiger partial charge in [0.1, 0.15) is 11.3 Å². The first-order chi connectivity index (χ1) is 12.0. The predicted octanol–water partition coefficient (Wildman–Crippen LogP) is 3.55. The highest BCUT2D eigenvalue weighted by molar-refractivity contribution is 5.80. The summed E-state index contributed by atoms with van der Waals surface area (Å²) >= 11 is 0. The molecule has 3 rings (SSSR count). The van der Waals surface area contributed by atoms with Gasteiger partial charge in [-0.3, -0.25) is 4.79 Å². The largest absolute Gasteiger partial charge is 0.469 e. The van der Waals surface area contributed by atoms with E-state index < -0.39 is 0 Å². The summed E-state index contributed by atoms with van der Waals surface area (Å²) in [5.74, 6) is 0.249. The molecular weight excluding hydrogens is 316 g/mol. The van der Waals surface area contributed by atoms with Crippen molar-refractivity contribution in [3.05, 3.63) is 47.9 Å². The maximum atomic E-state index is 11.8. The first-order valence-electron chi connectivity index (χ1n) is 8.28. The van der Waals surface area contributed by atoms with Crippen LogP contribution in [0, 0.1) is 0 Å². The SMILES string of the molecule is CCc1cc(C(C)C(=O)OC)ccc1Nc1cc2c(cn1)ncn2C. The summed E-state index contributed by atoms with van der Waals surface area (Å²) in [6.45, 7) is 3.94. The molecule has 0 aliphatic carbocycles. The van der Waals surface area contributed by atoms with Crippen molar-refractivity contribution in [2.75, 3.05) is 12.4 Å². The average molecular weight is 338 g/mol. The van der Waals surface area contributed by atoms with Crippen molar-refractivity contribution >= 4 is 28.5 Å². The van der Waals surface area contributed by atoms with Gasteiger partial charge in [-0.15, -0.1) is 0 Å². The number of esters is 1. The fourth-order valence-electron chi connectivity index (χ4n) is 2.85. The number of hydrogen-bond acceptors (Lipinski definition) is 5. The van der Waals surface area contributed by atoms with E-state index in [0.717, 1.165) is 40.1 Å². The molecule has 0 amide bonds. The Labute approximate surface area is 146 Å². The van der Waals surface area contributed by atoms with Gasteiger partial charge in [-0.05, 0) is 30.5 Å². The standard InChI is InChI=1S/C19H22N4O2/c1-5-13-8-14(12(2)19(24)25-4)6-7-15(13)22-18-9-17-16(10-20-18)21-11-23(17)3/h6-12H,5H2,1-4H3,(H,20,22). The molecule has 0 bridgehead atoms. The second-order valence-corrected chi connectivity index (χ2v) is 6.05. The number of imidazole rings is 1. The van der Waals surface area contributed by atoms with Gasteiger partial charge in [-0.1, -0.05) is 19.1 Å². The summed E-state index contributed by atoms with van der Waals surface area (Å²) in [5.41, 5.74) is 4.94. The molecule has 25 heavy (non-hydrogen) atoms. The maximum Gasteiger partial charge on any atom is 0.312 e. The molecule has 6 heteroatoms. The predicted molar refractivity (Wildman–Crippen MR) is 98.0 cm³/mol. The molecule has 2 aromatic heterocycles. The Hall–Kier alpha value is -2.89.